The molecule has 0 aliphatic heterocycles. The number of benzene rings is 2. The molecule has 4 nitrogen and oxygen atoms in total. The molecule has 4 rings (SSSR count). The van der Waals surface area contributed by atoms with Gasteiger partial charge in [-0.1, -0.05) is 24.3 Å². The lowest BCUT2D eigenvalue weighted by molar-refractivity contribution is -0.149. The number of carbonyl (C=O) groups is 1. The van der Waals surface area contributed by atoms with Gasteiger partial charge in [0.15, 0.2) is 0 Å². The lowest BCUT2D eigenvalue weighted by Crippen LogP contribution is -2.41. The van der Waals surface area contributed by atoms with Gasteiger partial charge in [0, 0.05) is 12.4 Å². The fourth-order valence-corrected chi connectivity index (χ4v) is 4.76. The van der Waals surface area contributed by atoms with E-state index < -0.39 is 5.41 Å². The van der Waals surface area contributed by atoms with E-state index >= 15 is 0 Å². The summed E-state index contributed by atoms with van der Waals surface area (Å²) >= 11 is 0. The minimum atomic E-state index is -0.770. The van der Waals surface area contributed by atoms with E-state index in [9.17, 15) is 9.18 Å². The molecule has 0 radical (unpaired) electrons. The molecule has 1 aromatic heterocycles. The number of halogens is 1. The Morgan fingerprint density at radius 3 is 2.71 bits per heavy atom. The number of ether oxygens (including phenoxy) is 1. The smallest absolute Gasteiger partial charge is 0.316 e. The zero-order valence-corrected chi connectivity index (χ0v) is 16.5. The number of hydrogen-bond donors (Lipinski definition) is 0. The van der Waals surface area contributed by atoms with Crippen LogP contribution in [0, 0.1) is 12.7 Å². The van der Waals surface area contributed by atoms with Crippen molar-refractivity contribution in [1.29, 1.82) is 0 Å². The van der Waals surface area contributed by atoms with Gasteiger partial charge in [-0.3, -0.25) is 9.48 Å². The van der Waals surface area contributed by atoms with Crippen LogP contribution in [0.3, 0.4) is 0 Å². The summed E-state index contributed by atoms with van der Waals surface area (Å²) in [7, 11) is 3.36. The molecule has 1 saturated carbocycles. The number of aryl methyl sites for hydroxylation is 1. The second-order valence-electron chi connectivity index (χ2n) is 7.85. The van der Waals surface area contributed by atoms with Gasteiger partial charge in [0.25, 0.3) is 0 Å². The van der Waals surface area contributed by atoms with Gasteiger partial charge in [0.2, 0.25) is 0 Å². The van der Waals surface area contributed by atoms with Crippen molar-refractivity contribution in [3.05, 3.63) is 65.1 Å². The third-order valence-electron chi connectivity index (χ3n) is 6.44. The van der Waals surface area contributed by atoms with E-state index in [1.807, 2.05) is 24.0 Å². The number of nitrogens with zero attached hydrogens (tertiary/aromatic N) is 2. The molecule has 2 aromatic carbocycles. The Morgan fingerprint density at radius 2 is 2.00 bits per heavy atom. The van der Waals surface area contributed by atoms with Gasteiger partial charge < -0.3 is 4.74 Å². The van der Waals surface area contributed by atoms with Crippen LogP contribution in [0.2, 0.25) is 0 Å². The Labute approximate surface area is 164 Å². The van der Waals surface area contributed by atoms with Gasteiger partial charge in [0.1, 0.15) is 5.82 Å². The molecule has 0 N–H and O–H groups in total. The highest BCUT2D eigenvalue weighted by atomic mass is 19.1. The van der Waals surface area contributed by atoms with Crippen molar-refractivity contribution >= 4 is 16.9 Å². The third kappa shape index (κ3) is 2.89. The summed E-state index contributed by atoms with van der Waals surface area (Å²) in [4.78, 5) is 12.8. The Balaban J connectivity index is 1.66. The minimum Gasteiger partial charge on any atom is -0.468 e. The van der Waals surface area contributed by atoms with Crippen LogP contribution < -0.4 is 0 Å². The number of esters is 1. The van der Waals surface area contributed by atoms with Gasteiger partial charge in [-0.05, 0) is 67.3 Å². The topological polar surface area (TPSA) is 44.1 Å². The molecule has 0 bridgehead atoms. The highest BCUT2D eigenvalue weighted by Crippen LogP contribution is 2.47. The lowest BCUT2D eigenvalue weighted by Gasteiger charge is -2.39. The number of fused-ring (bicyclic) bond motifs is 1. The van der Waals surface area contributed by atoms with Crippen LogP contribution in [0.1, 0.15) is 48.3 Å². The predicted molar refractivity (Wildman–Crippen MR) is 107 cm³/mol. The maximum absolute atomic E-state index is 14.2. The number of methoxy groups -OCH3 is 1. The molecule has 0 spiro atoms. The van der Waals surface area contributed by atoms with E-state index in [4.69, 9.17) is 4.74 Å². The zero-order chi connectivity index (χ0) is 19.9. The molecule has 0 atom stereocenters. The van der Waals surface area contributed by atoms with Crippen molar-refractivity contribution in [1.82, 2.24) is 9.78 Å². The molecule has 0 saturated heterocycles. The van der Waals surface area contributed by atoms with Crippen LogP contribution >= 0.6 is 0 Å². The van der Waals surface area contributed by atoms with Crippen molar-refractivity contribution in [3.8, 4) is 0 Å². The minimum absolute atomic E-state index is 0.262. The largest absolute Gasteiger partial charge is 0.468 e. The second-order valence-corrected chi connectivity index (χ2v) is 7.85. The van der Waals surface area contributed by atoms with Crippen molar-refractivity contribution in [2.75, 3.05) is 7.11 Å². The average Bonchev–Trinajstić information content (AvgIpc) is 3.10. The van der Waals surface area contributed by atoms with E-state index in [-0.39, 0.29) is 11.8 Å². The summed E-state index contributed by atoms with van der Waals surface area (Å²) in [5, 5.41) is 5.44. The molecule has 1 aliphatic carbocycles. The van der Waals surface area contributed by atoms with Crippen molar-refractivity contribution < 1.29 is 13.9 Å². The molecule has 1 heterocycles. The molecule has 146 valence electrons. The first-order valence-electron chi connectivity index (χ1n) is 9.72. The first kappa shape index (κ1) is 18.7. The molecule has 5 heteroatoms. The van der Waals surface area contributed by atoms with Gasteiger partial charge in [0.05, 0.1) is 24.2 Å². The second kappa shape index (κ2) is 7.04. The van der Waals surface area contributed by atoms with Gasteiger partial charge in [-0.15, -0.1) is 0 Å². The van der Waals surface area contributed by atoms with Crippen LogP contribution in [0.15, 0.2) is 42.6 Å². The van der Waals surface area contributed by atoms with E-state index in [1.54, 1.807) is 13.0 Å². The Bertz CT molecular complexity index is 1030. The van der Waals surface area contributed by atoms with E-state index in [0.29, 0.717) is 24.3 Å². The van der Waals surface area contributed by atoms with Crippen LogP contribution in [-0.2, 0) is 22.0 Å². The summed E-state index contributed by atoms with van der Waals surface area (Å²) in [6.07, 6.45) is 4.88. The van der Waals surface area contributed by atoms with Crippen LogP contribution in [0.4, 0.5) is 4.39 Å². The molecular formula is C23H25FN2O2. The molecule has 1 fully saturated rings. The zero-order valence-electron chi connectivity index (χ0n) is 16.5. The summed E-state index contributed by atoms with van der Waals surface area (Å²) in [6, 6.07) is 11.5. The Kier molecular flexibility index (Phi) is 4.69. The molecule has 3 aromatic rings. The molecule has 1 aliphatic rings. The fourth-order valence-electron chi connectivity index (χ4n) is 4.76. The first-order chi connectivity index (χ1) is 13.5. The summed E-state index contributed by atoms with van der Waals surface area (Å²) < 4.78 is 21.3. The fraction of sp³-hybridized carbons (Fsp3) is 0.391. The normalized spacial score (nSPS) is 22.4. The van der Waals surface area contributed by atoms with Crippen LogP contribution in [-0.4, -0.2) is 22.9 Å². The van der Waals surface area contributed by atoms with Gasteiger partial charge >= 0.3 is 5.97 Å². The van der Waals surface area contributed by atoms with Crippen LogP contribution in [0.5, 0.6) is 0 Å². The van der Waals surface area contributed by atoms with E-state index in [0.717, 1.165) is 29.3 Å². The maximum Gasteiger partial charge on any atom is 0.316 e. The van der Waals surface area contributed by atoms with Gasteiger partial charge in [-0.2, -0.15) is 5.10 Å². The number of hydrogen-bond acceptors (Lipinski definition) is 3. The summed E-state index contributed by atoms with van der Waals surface area (Å²) in [5.74, 6) is -0.169. The first-order valence-corrected chi connectivity index (χ1v) is 9.72. The highest BCUT2D eigenvalue weighted by Gasteiger charge is 2.45. The molecule has 0 unspecified atom stereocenters. The van der Waals surface area contributed by atoms with Crippen molar-refractivity contribution in [3.63, 3.8) is 0 Å². The van der Waals surface area contributed by atoms with Crippen LogP contribution in [0.25, 0.3) is 10.9 Å². The predicted octanol–water partition coefficient (Wildman–Crippen LogP) is 4.79. The average molecular weight is 380 g/mol. The standard InChI is InChI=1S/C23H25FN2O2/c1-15-19(5-4-6-20(15)24)23(22(27)28-3)11-9-16(10-12-23)17-7-8-18-14-25-26(2)21(18)13-17/h4-8,13-14,16H,9-12H2,1-3H3/t16-,23-. The number of rotatable bonds is 3. The summed E-state index contributed by atoms with van der Waals surface area (Å²) in [6.45, 7) is 1.75. The SMILES string of the molecule is COC(=O)[C@]1(c2cccc(F)c2C)CC[C@@H](c2ccc3cnn(C)c3c2)CC1. The third-order valence-corrected chi connectivity index (χ3v) is 6.44. The van der Waals surface area contributed by atoms with E-state index in [1.165, 1.54) is 18.7 Å². The molecular weight excluding hydrogens is 355 g/mol. The van der Waals surface area contributed by atoms with E-state index in [2.05, 4.69) is 23.3 Å². The van der Waals surface area contributed by atoms with Crippen molar-refractivity contribution in [2.45, 2.75) is 43.9 Å². The van der Waals surface area contributed by atoms with Gasteiger partial charge in [-0.25, -0.2) is 4.39 Å². The molecule has 0 amide bonds. The molecule has 28 heavy (non-hydrogen) atoms. The lowest BCUT2D eigenvalue weighted by atomic mass is 9.64. The summed E-state index contributed by atoms with van der Waals surface area (Å²) in [5.41, 5.74) is 2.92. The highest BCUT2D eigenvalue weighted by molar-refractivity contribution is 5.84. The number of aromatic nitrogens is 2. The Hall–Kier alpha value is -2.69. The van der Waals surface area contributed by atoms with Crippen molar-refractivity contribution in [2.24, 2.45) is 7.05 Å². The Morgan fingerprint density at radius 1 is 1.25 bits per heavy atom. The monoisotopic (exact) mass is 380 g/mol. The number of carbonyl (C=O) groups excluding carboxylic acids is 1. The maximum atomic E-state index is 14.2. The quantitative estimate of drug-likeness (QED) is 0.614.